The lowest BCUT2D eigenvalue weighted by Gasteiger charge is -2.29. The molecule has 23 heavy (non-hydrogen) atoms. The SMILES string of the molecule is CCOC(=O)c1ccc(N=C2S[C@H](C(=O)[O-])CC(=O)N2C)cc1. The highest BCUT2D eigenvalue weighted by atomic mass is 32.2. The lowest BCUT2D eigenvalue weighted by Crippen LogP contribution is -2.45. The van der Waals surface area contributed by atoms with Crippen molar-refractivity contribution in [3.8, 4) is 0 Å². The number of aliphatic carboxylic acids is 1. The van der Waals surface area contributed by atoms with Crippen molar-refractivity contribution in [2.24, 2.45) is 4.99 Å². The Morgan fingerprint density at radius 1 is 1.39 bits per heavy atom. The largest absolute Gasteiger partial charge is 0.549 e. The molecule has 1 aromatic rings. The van der Waals surface area contributed by atoms with Gasteiger partial charge in [0.25, 0.3) is 0 Å². The monoisotopic (exact) mass is 335 g/mol. The van der Waals surface area contributed by atoms with Crippen LogP contribution in [0.3, 0.4) is 0 Å². The molecule has 1 aliphatic rings. The van der Waals surface area contributed by atoms with Gasteiger partial charge in [-0.05, 0) is 31.2 Å². The van der Waals surface area contributed by atoms with E-state index in [4.69, 9.17) is 4.74 Å². The Balaban J connectivity index is 2.20. The Kier molecular flexibility index (Phi) is 5.38. The number of nitrogens with zero attached hydrogens (tertiary/aromatic N) is 2. The van der Waals surface area contributed by atoms with Gasteiger partial charge in [0, 0.05) is 13.5 Å². The first-order valence-electron chi connectivity index (χ1n) is 6.92. The van der Waals surface area contributed by atoms with Crippen molar-refractivity contribution >= 4 is 40.5 Å². The fourth-order valence-electron chi connectivity index (χ4n) is 1.88. The Hall–Kier alpha value is -2.35. The van der Waals surface area contributed by atoms with Crippen LogP contribution in [0.2, 0.25) is 0 Å². The van der Waals surface area contributed by atoms with Gasteiger partial charge in [-0.3, -0.25) is 9.69 Å². The summed E-state index contributed by atoms with van der Waals surface area (Å²) < 4.78 is 4.89. The summed E-state index contributed by atoms with van der Waals surface area (Å²) in [7, 11) is 1.53. The van der Waals surface area contributed by atoms with Crippen molar-refractivity contribution in [1.29, 1.82) is 0 Å². The average molecular weight is 335 g/mol. The maximum absolute atomic E-state index is 11.8. The van der Waals surface area contributed by atoms with Gasteiger partial charge in [-0.25, -0.2) is 9.79 Å². The van der Waals surface area contributed by atoms with Crippen molar-refractivity contribution in [3.63, 3.8) is 0 Å². The molecule has 1 amide bonds. The van der Waals surface area contributed by atoms with Crippen molar-refractivity contribution in [3.05, 3.63) is 29.8 Å². The third-order valence-corrected chi connectivity index (χ3v) is 4.35. The van der Waals surface area contributed by atoms with Crippen molar-refractivity contribution in [1.82, 2.24) is 4.90 Å². The number of hydrogen-bond donors (Lipinski definition) is 0. The Morgan fingerprint density at radius 2 is 2.04 bits per heavy atom. The number of benzene rings is 1. The minimum atomic E-state index is -1.29. The van der Waals surface area contributed by atoms with Crippen molar-refractivity contribution in [2.45, 2.75) is 18.6 Å². The second-order valence-electron chi connectivity index (χ2n) is 4.74. The first kappa shape index (κ1) is 17.0. The van der Waals surface area contributed by atoms with E-state index in [2.05, 4.69) is 4.99 Å². The average Bonchev–Trinajstić information content (AvgIpc) is 2.52. The van der Waals surface area contributed by atoms with Crippen molar-refractivity contribution < 1.29 is 24.2 Å². The van der Waals surface area contributed by atoms with Crippen LogP contribution in [0.25, 0.3) is 0 Å². The molecule has 1 atom stereocenters. The van der Waals surface area contributed by atoms with Crippen molar-refractivity contribution in [2.75, 3.05) is 13.7 Å². The van der Waals surface area contributed by atoms with Crippen LogP contribution in [0.5, 0.6) is 0 Å². The summed E-state index contributed by atoms with van der Waals surface area (Å²) in [6.45, 7) is 2.01. The van der Waals surface area contributed by atoms with Crippen LogP contribution in [0, 0.1) is 0 Å². The number of carbonyl (C=O) groups is 3. The Labute approximate surface area is 137 Å². The number of rotatable bonds is 4. The van der Waals surface area contributed by atoms with Gasteiger partial charge in [0.05, 0.1) is 29.1 Å². The summed E-state index contributed by atoms with van der Waals surface area (Å²) in [5.41, 5.74) is 0.892. The van der Waals surface area contributed by atoms with E-state index < -0.39 is 17.2 Å². The fourth-order valence-corrected chi connectivity index (χ4v) is 2.87. The lowest BCUT2D eigenvalue weighted by molar-refractivity contribution is -0.304. The summed E-state index contributed by atoms with van der Waals surface area (Å²) in [6, 6.07) is 6.31. The van der Waals surface area contributed by atoms with Gasteiger partial charge in [-0.2, -0.15) is 0 Å². The van der Waals surface area contributed by atoms with E-state index in [0.29, 0.717) is 11.3 Å². The normalized spacial score (nSPS) is 19.7. The smallest absolute Gasteiger partial charge is 0.338 e. The van der Waals surface area contributed by atoms with E-state index in [1.165, 1.54) is 11.9 Å². The third kappa shape index (κ3) is 4.10. The van der Waals surface area contributed by atoms with E-state index in [-0.39, 0.29) is 24.1 Å². The summed E-state index contributed by atoms with van der Waals surface area (Å²) >= 11 is 0.966. The van der Waals surface area contributed by atoms with Crippen LogP contribution >= 0.6 is 11.8 Å². The molecule has 0 aliphatic carbocycles. The molecule has 1 aromatic carbocycles. The predicted octanol–water partition coefficient (Wildman–Crippen LogP) is 0.565. The summed E-state index contributed by atoms with van der Waals surface area (Å²) in [5.74, 6) is -2.05. The van der Waals surface area contributed by atoms with Gasteiger partial charge in [0.2, 0.25) is 5.91 Å². The number of esters is 1. The molecule has 1 fully saturated rings. The Morgan fingerprint density at radius 3 is 2.61 bits per heavy atom. The van der Waals surface area contributed by atoms with Gasteiger partial charge in [-0.15, -0.1) is 0 Å². The molecule has 122 valence electrons. The summed E-state index contributed by atoms with van der Waals surface area (Å²) in [5, 5.41) is 10.3. The molecular weight excluding hydrogens is 320 g/mol. The zero-order valence-electron chi connectivity index (χ0n) is 12.6. The van der Waals surface area contributed by atoms with Crippen LogP contribution in [-0.2, 0) is 14.3 Å². The summed E-state index contributed by atoms with van der Waals surface area (Å²) in [6.07, 6.45) is -0.121. The molecule has 0 radical (unpaired) electrons. The van der Waals surface area contributed by atoms with Gasteiger partial charge < -0.3 is 14.6 Å². The van der Waals surface area contributed by atoms with Gasteiger partial charge in [-0.1, -0.05) is 11.8 Å². The number of ether oxygens (including phenoxy) is 1. The molecule has 0 spiro atoms. The maximum Gasteiger partial charge on any atom is 0.338 e. The molecule has 1 saturated heterocycles. The van der Waals surface area contributed by atoms with Gasteiger partial charge in [0.1, 0.15) is 0 Å². The van der Waals surface area contributed by atoms with Crippen LogP contribution in [0.15, 0.2) is 29.3 Å². The molecule has 1 heterocycles. The van der Waals surface area contributed by atoms with Crippen LogP contribution in [0.4, 0.5) is 5.69 Å². The molecule has 0 saturated carbocycles. The zero-order valence-corrected chi connectivity index (χ0v) is 13.5. The molecule has 0 unspecified atom stereocenters. The maximum atomic E-state index is 11.8. The Bertz CT molecular complexity index is 656. The predicted molar refractivity (Wildman–Crippen MR) is 83.3 cm³/mol. The van der Waals surface area contributed by atoms with Gasteiger partial charge in [0.15, 0.2) is 5.17 Å². The minimum absolute atomic E-state index is 0.121. The highest BCUT2D eigenvalue weighted by molar-refractivity contribution is 8.15. The number of hydrogen-bond acceptors (Lipinski definition) is 7. The number of carboxylic acid groups (broad SMARTS) is 1. The molecule has 8 heteroatoms. The number of carboxylic acids is 1. The van der Waals surface area contributed by atoms with Crippen LogP contribution in [-0.4, -0.2) is 46.8 Å². The van der Waals surface area contributed by atoms with E-state index in [1.54, 1.807) is 31.2 Å². The molecule has 7 nitrogen and oxygen atoms in total. The van der Waals surface area contributed by atoms with E-state index in [9.17, 15) is 19.5 Å². The number of aliphatic imine (C=N–C) groups is 1. The van der Waals surface area contributed by atoms with E-state index in [1.807, 2.05) is 0 Å². The van der Waals surface area contributed by atoms with E-state index in [0.717, 1.165) is 11.8 Å². The second-order valence-corrected chi connectivity index (χ2v) is 5.91. The number of amides is 1. The fraction of sp³-hybridized carbons (Fsp3) is 0.333. The number of carbonyl (C=O) groups excluding carboxylic acids is 3. The molecule has 0 aromatic heterocycles. The van der Waals surface area contributed by atoms with E-state index >= 15 is 0 Å². The quantitative estimate of drug-likeness (QED) is 0.746. The highest BCUT2D eigenvalue weighted by Crippen LogP contribution is 2.27. The topological polar surface area (TPSA) is 99.1 Å². The first-order chi connectivity index (χ1) is 10.9. The summed E-state index contributed by atoms with van der Waals surface area (Å²) in [4.78, 5) is 39.9. The number of amidine groups is 1. The molecule has 0 N–H and O–H groups in total. The number of thioether (sulfide) groups is 1. The van der Waals surface area contributed by atoms with Crippen LogP contribution in [0.1, 0.15) is 23.7 Å². The van der Waals surface area contributed by atoms with Gasteiger partial charge >= 0.3 is 5.97 Å². The molecule has 2 rings (SSSR count). The zero-order chi connectivity index (χ0) is 17.0. The standard InChI is InChI=1S/C15H16N2O5S/c1-3-22-14(21)9-4-6-10(7-5-9)16-15-17(2)12(18)8-11(23-15)13(19)20/h4-7,11H,3,8H2,1-2H3,(H,19,20)/p-1/t11-/m0/s1. The third-order valence-electron chi connectivity index (χ3n) is 3.13. The molecule has 0 bridgehead atoms. The molecular formula is C15H15N2O5S-. The highest BCUT2D eigenvalue weighted by Gasteiger charge is 2.30. The molecule has 1 aliphatic heterocycles. The minimum Gasteiger partial charge on any atom is -0.549 e. The second kappa shape index (κ2) is 7.28. The van der Waals surface area contributed by atoms with Crippen LogP contribution < -0.4 is 5.11 Å². The lowest BCUT2D eigenvalue weighted by atomic mass is 10.2. The first-order valence-corrected chi connectivity index (χ1v) is 7.80.